The minimum absolute atomic E-state index is 0.269. The van der Waals surface area contributed by atoms with Gasteiger partial charge < -0.3 is 4.74 Å². The molecule has 1 aliphatic rings. The van der Waals surface area contributed by atoms with Crippen LogP contribution in [0.4, 0.5) is 0 Å². The van der Waals surface area contributed by atoms with Gasteiger partial charge >= 0.3 is 0 Å². The number of ether oxygens (including phenoxy) is 1. The van der Waals surface area contributed by atoms with Crippen LogP contribution in [0.15, 0.2) is 65.5 Å². The Bertz CT molecular complexity index is 956. The smallest absolute Gasteiger partial charge is 0.263 e. The molecule has 0 bridgehead atoms. The van der Waals surface area contributed by atoms with E-state index in [0.29, 0.717) is 6.61 Å². The van der Waals surface area contributed by atoms with Crippen LogP contribution < -0.4 is 4.57 Å². The molecule has 0 N–H and O–H groups in total. The summed E-state index contributed by atoms with van der Waals surface area (Å²) in [4.78, 5) is 0. The zero-order valence-electron chi connectivity index (χ0n) is 17.8. The Morgan fingerprint density at radius 3 is 2.75 bits per heavy atom. The van der Waals surface area contributed by atoms with E-state index in [2.05, 4.69) is 80.8 Å². The molecular formula is C25H32NOS+. The van der Waals surface area contributed by atoms with Crippen LogP contribution in [0, 0.1) is 5.41 Å². The van der Waals surface area contributed by atoms with E-state index in [1.165, 1.54) is 26.4 Å². The fraction of sp³-hybridized carbons (Fsp3) is 0.400. The van der Waals surface area contributed by atoms with Crippen LogP contribution in [-0.4, -0.2) is 6.61 Å². The van der Waals surface area contributed by atoms with E-state index in [1.807, 2.05) is 24.5 Å². The van der Waals surface area contributed by atoms with Crippen LogP contribution in [0.25, 0.3) is 16.3 Å². The summed E-state index contributed by atoms with van der Waals surface area (Å²) in [6, 6.07) is 8.69. The first-order chi connectivity index (χ1) is 13.4. The molecular weight excluding hydrogens is 362 g/mol. The van der Waals surface area contributed by atoms with Crippen molar-refractivity contribution in [2.24, 2.45) is 5.41 Å². The average Bonchev–Trinajstić information content (AvgIpc) is 3.00. The van der Waals surface area contributed by atoms with Gasteiger partial charge in [-0.25, -0.2) is 0 Å². The van der Waals surface area contributed by atoms with E-state index < -0.39 is 0 Å². The van der Waals surface area contributed by atoms with E-state index in [4.69, 9.17) is 4.74 Å². The number of aryl methyl sites for hydroxylation is 1. The second kappa shape index (κ2) is 8.91. The Balaban J connectivity index is 1.95. The standard InChI is InChI=1S/C25H32NOS/c1-6-26-22-10-8-9-11-23(22)28-24(26)15-21-14-20(16-25(4,5)17-21)13-12-19(3)18-27-7-2/h8-15,18H,6-7,16-17H2,1-5H3/q+1/b13-12+,19-18-,21-15-. The van der Waals surface area contributed by atoms with E-state index >= 15 is 0 Å². The van der Waals surface area contributed by atoms with E-state index in [0.717, 1.165) is 25.0 Å². The number of fused-ring (bicyclic) bond motifs is 1. The number of allylic oxidation sites excluding steroid dienone is 6. The van der Waals surface area contributed by atoms with Crippen LogP contribution in [0.1, 0.15) is 52.5 Å². The Hall–Kier alpha value is -2.13. The number of para-hydroxylation sites is 1. The molecule has 148 valence electrons. The molecule has 1 aliphatic carbocycles. The highest BCUT2D eigenvalue weighted by molar-refractivity contribution is 7.18. The average molecular weight is 395 g/mol. The van der Waals surface area contributed by atoms with Gasteiger partial charge in [0.2, 0.25) is 5.52 Å². The van der Waals surface area contributed by atoms with Crippen LogP contribution in [0.2, 0.25) is 0 Å². The van der Waals surface area contributed by atoms with E-state index in [9.17, 15) is 0 Å². The molecule has 2 nitrogen and oxygen atoms in total. The molecule has 1 aromatic heterocycles. The summed E-state index contributed by atoms with van der Waals surface area (Å²) in [5, 5.41) is 1.34. The van der Waals surface area contributed by atoms with Crippen molar-refractivity contribution in [3.63, 3.8) is 0 Å². The zero-order valence-corrected chi connectivity index (χ0v) is 18.6. The fourth-order valence-electron chi connectivity index (χ4n) is 3.85. The first-order valence-electron chi connectivity index (χ1n) is 10.2. The van der Waals surface area contributed by atoms with Gasteiger partial charge in [0.15, 0.2) is 0 Å². The lowest BCUT2D eigenvalue weighted by molar-refractivity contribution is -0.665. The van der Waals surface area contributed by atoms with Gasteiger partial charge in [-0.2, -0.15) is 4.57 Å². The van der Waals surface area contributed by atoms with Crippen molar-refractivity contribution >= 4 is 27.6 Å². The van der Waals surface area contributed by atoms with Crippen molar-refractivity contribution in [3.8, 4) is 0 Å². The number of rotatable bonds is 6. The molecule has 0 saturated carbocycles. The number of thiazole rings is 1. The highest BCUT2D eigenvalue weighted by Gasteiger charge is 2.26. The van der Waals surface area contributed by atoms with Crippen molar-refractivity contribution in [1.29, 1.82) is 0 Å². The van der Waals surface area contributed by atoms with Gasteiger partial charge in [0, 0.05) is 12.1 Å². The summed E-state index contributed by atoms with van der Waals surface area (Å²) >= 11 is 1.88. The van der Waals surface area contributed by atoms with Gasteiger partial charge in [0.25, 0.3) is 5.01 Å². The van der Waals surface area contributed by atoms with E-state index in [-0.39, 0.29) is 5.41 Å². The Labute approximate surface area is 173 Å². The maximum Gasteiger partial charge on any atom is 0.263 e. The summed E-state index contributed by atoms with van der Waals surface area (Å²) in [5.41, 5.74) is 5.54. The lowest BCUT2D eigenvalue weighted by atomic mass is 9.75. The molecule has 0 unspecified atom stereocenters. The predicted octanol–water partition coefficient (Wildman–Crippen LogP) is 6.84. The molecule has 1 aromatic carbocycles. The summed E-state index contributed by atoms with van der Waals surface area (Å²) in [6.45, 7) is 12.7. The number of nitrogens with zero attached hydrogens (tertiary/aromatic N) is 1. The Morgan fingerprint density at radius 2 is 2.00 bits per heavy atom. The van der Waals surface area contributed by atoms with Crippen molar-refractivity contribution in [2.45, 2.75) is 54.0 Å². The topological polar surface area (TPSA) is 13.1 Å². The molecule has 0 spiro atoms. The Kier molecular flexibility index (Phi) is 6.56. The van der Waals surface area contributed by atoms with Gasteiger partial charge in [0.05, 0.1) is 12.9 Å². The number of hydrogen-bond acceptors (Lipinski definition) is 2. The molecule has 2 aromatic rings. The second-order valence-corrected chi connectivity index (χ2v) is 9.32. The third-order valence-electron chi connectivity index (χ3n) is 4.99. The zero-order chi connectivity index (χ0) is 20.1. The molecule has 0 radical (unpaired) electrons. The molecule has 0 amide bonds. The lowest BCUT2D eigenvalue weighted by Crippen LogP contribution is -2.33. The monoisotopic (exact) mass is 394 g/mol. The van der Waals surface area contributed by atoms with Gasteiger partial charge in [-0.1, -0.05) is 55.5 Å². The first-order valence-corrected chi connectivity index (χ1v) is 11.0. The Morgan fingerprint density at radius 1 is 1.21 bits per heavy atom. The number of aromatic nitrogens is 1. The molecule has 3 rings (SSSR count). The SMILES string of the molecule is CCO/C=C(C)\C=C\C1=CC(=C/c2sc3ccccc3[n+]2CC)/CC(C)(C)C1. The van der Waals surface area contributed by atoms with Crippen LogP contribution in [0.3, 0.4) is 0 Å². The van der Waals surface area contributed by atoms with E-state index in [1.54, 1.807) is 0 Å². The predicted molar refractivity (Wildman–Crippen MR) is 121 cm³/mol. The van der Waals surface area contributed by atoms with Crippen LogP contribution in [0.5, 0.6) is 0 Å². The highest BCUT2D eigenvalue weighted by Crippen LogP contribution is 2.39. The second-order valence-electron chi connectivity index (χ2n) is 8.26. The molecule has 0 fully saturated rings. The molecule has 0 aliphatic heterocycles. The van der Waals surface area contributed by atoms with Crippen molar-refractivity contribution < 1.29 is 9.30 Å². The van der Waals surface area contributed by atoms with Crippen molar-refractivity contribution in [2.75, 3.05) is 6.61 Å². The molecule has 0 atom stereocenters. The van der Waals surface area contributed by atoms with Crippen molar-refractivity contribution in [3.05, 3.63) is 70.5 Å². The normalized spacial score (nSPS) is 18.8. The molecule has 0 saturated heterocycles. The summed E-state index contributed by atoms with van der Waals surface area (Å²) in [5.74, 6) is 0. The third kappa shape index (κ3) is 5.02. The van der Waals surface area contributed by atoms with Gasteiger partial charge in [-0.05, 0) is 61.8 Å². The van der Waals surface area contributed by atoms with Gasteiger partial charge in [-0.15, -0.1) is 0 Å². The number of benzene rings is 1. The van der Waals surface area contributed by atoms with Gasteiger partial charge in [0.1, 0.15) is 11.2 Å². The highest BCUT2D eigenvalue weighted by atomic mass is 32.1. The van der Waals surface area contributed by atoms with Crippen LogP contribution >= 0.6 is 11.3 Å². The fourth-order valence-corrected chi connectivity index (χ4v) is 5.05. The van der Waals surface area contributed by atoms with Crippen molar-refractivity contribution in [1.82, 2.24) is 0 Å². The molecule has 3 heteroatoms. The van der Waals surface area contributed by atoms with Crippen LogP contribution in [-0.2, 0) is 11.3 Å². The maximum absolute atomic E-state index is 5.39. The lowest BCUT2D eigenvalue weighted by Gasteiger charge is -2.30. The summed E-state index contributed by atoms with van der Waals surface area (Å²) in [7, 11) is 0. The number of hydrogen-bond donors (Lipinski definition) is 0. The minimum Gasteiger partial charge on any atom is -0.501 e. The minimum atomic E-state index is 0.269. The van der Waals surface area contributed by atoms with Gasteiger partial charge in [-0.3, -0.25) is 0 Å². The summed E-state index contributed by atoms with van der Waals surface area (Å²) < 4.78 is 9.16. The maximum atomic E-state index is 5.39. The first kappa shape index (κ1) is 20.6. The molecule has 1 heterocycles. The third-order valence-corrected chi connectivity index (χ3v) is 6.11. The quantitative estimate of drug-likeness (QED) is 0.297. The largest absolute Gasteiger partial charge is 0.501 e. The summed E-state index contributed by atoms with van der Waals surface area (Å²) in [6.07, 6.45) is 13.2. The molecule has 28 heavy (non-hydrogen) atoms.